The van der Waals surface area contributed by atoms with Crippen molar-refractivity contribution in [3.05, 3.63) is 58.7 Å². The molecule has 4 nitrogen and oxygen atoms in total. The summed E-state index contributed by atoms with van der Waals surface area (Å²) in [5, 5.41) is 17.3. The van der Waals surface area contributed by atoms with Gasteiger partial charge in [-0.25, -0.2) is 0 Å². The lowest BCUT2D eigenvalue weighted by Crippen LogP contribution is -2.09. The van der Waals surface area contributed by atoms with Crippen LogP contribution in [-0.2, 0) is 0 Å². The fourth-order valence-corrected chi connectivity index (χ4v) is 3.15. The molecule has 0 aliphatic rings. The van der Waals surface area contributed by atoms with Crippen LogP contribution in [0.2, 0.25) is 0 Å². The Morgan fingerprint density at radius 2 is 1.92 bits per heavy atom. The SMILES string of the molecule is C=C(/C(CCC)=C(C)\C(=C(/C)C=NCN)C(C)C=N)c1ccc(O)cc1. The first kappa shape index (κ1) is 21.6. The van der Waals surface area contributed by atoms with Gasteiger partial charge in [0.1, 0.15) is 5.75 Å². The molecule has 1 aromatic rings. The number of hydrogen-bond acceptors (Lipinski definition) is 4. The second-order valence-corrected chi connectivity index (χ2v) is 6.43. The normalized spacial score (nSPS) is 14.7. The predicted molar refractivity (Wildman–Crippen MR) is 113 cm³/mol. The van der Waals surface area contributed by atoms with Crippen LogP contribution in [0.5, 0.6) is 5.75 Å². The highest BCUT2D eigenvalue weighted by Crippen LogP contribution is 2.34. The van der Waals surface area contributed by atoms with Crippen LogP contribution in [0.4, 0.5) is 0 Å². The van der Waals surface area contributed by atoms with Crippen molar-refractivity contribution in [2.75, 3.05) is 6.67 Å². The van der Waals surface area contributed by atoms with Gasteiger partial charge in [-0.05, 0) is 65.8 Å². The minimum absolute atomic E-state index is 0.0290. The van der Waals surface area contributed by atoms with Gasteiger partial charge in [-0.15, -0.1) is 0 Å². The molecule has 0 saturated carbocycles. The predicted octanol–water partition coefficient (Wildman–Crippen LogP) is 5.11. The lowest BCUT2D eigenvalue weighted by Gasteiger charge is -2.21. The first-order chi connectivity index (χ1) is 12.4. The summed E-state index contributed by atoms with van der Waals surface area (Å²) in [4.78, 5) is 4.16. The summed E-state index contributed by atoms with van der Waals surface area (Å²) < 4.78 is 0. The number of aromatic hydroxyl groups is 1. The van der Waals surface area contributed by atoms with Gasteiger partial charge in [0, 0.05) is 18.3 Å². The Bertz CT molecular complexity index is 724. The van der Waals surface area contributed by atoms with Crippen LogP contribution in [0.1, 0.15) is 46.1 Å². The summed E-state index contributed by atoms with van der Waals surface area (Å²) in [6, 6.07) is 7.12. The number of benzene rings is 1. The zero-order valence-corrected chi connectivity index (χ0v) is 16.3. The molecule has 0 fully saturated rings. The zero-order chi connectivity index (χ0) is 19.7. The van der Waals surface area contributed by atoms with Crippen LogP contribution in [-0.4, -0.2) is 24.2 Å². The molecule has 0 saturated heterocycles. The van der Waals surface area contributed by atoms with Gasteiger partial charge in [-0.1, -0.05) is 39.0 Å². The summed E-state index contributed by atoms with van der Waals surface area (Å²) in [7, 11) is 0. The molecular formula is C22H31N3O. The van der Waals surface area contributed by atoms with Crippen molar-refractivity contribution in [1.29, 1.82) is 5.41 Å². The van der Waals surface area contributed by atoms with E-state index in [0.29, 0.717) is 0 Å². The van der Waals surface area contributed by atoms with E-state index in [1.165, 1.54) is 11.8 Å². The molecule has 0 heterocycles. The molecule has 1 unspecified atom stereocenters. The smallest absolute Gasteiger partial charge is 0.115 e. The van der Waals surface area contributed by atoms with Crippen LogP contribution in [0.15, 0.2) is 58.1 Å². The van der Waals surface area contributed by atoms with Crippen molar-refractivity contribution in [1.82, 2.24) is 0 Å². The van der Waals surface area contributed by atoms with E-state index in [4.69, 9.17) is 11.1 Å². The molecule has 26 heavy (non-hydrogen) atoms. The summed E-state index contributed by atoms with van der Waals surface area (Å²) in [6.07, 6.45) is 5.12. The summed E-state index contributed by atoms with van der Waals surface area (Å²) >= 11 is 0. The molecule has 140 valence electrons. The Hall–Kier alpha value is -2.46. The van der Waals surface area contributed by atoms with Crippen molar-refractivity contribution < 1.29 is 5.11 Å². The van der Waals surface area contributed by atoms with Crippen LogP contribution in [0, 0.1) is 11.3 Å². The number of rotatable bonds is 9. The lowest BCUT2D eigenvalue weighted by molar-refractivity contribution is 0.475. The highest BCUT2D eigenvalue weighted by molar-refractivity contribution is 5.85. The number of phenols is 1. The van der Waals surface area contributed by atoms with Gasteiger partial charge >= 0.3 is 0 Å². The minimum Gasteiger partial charge on any atom is -0.508 e. The second kappa shape index (κ2) is 10.5. The Morgan fingerprint density at radius 3 is 2.42 bits per heavy atom. The van der Waals surface area contributed by atoms with E-state index in [-0.39, 0.29) is 18.3 Å². The molecule has 1 atom stereocenters. The maximum absolute atomic E-state index is 9.54. The van der Waals surface area contributed by atoms with Gasteiger partial charge in [0.2, 0.25) is 0 Å². The topological polar surface area (TPSA) is 82.5 Å². The van der Waals surface area contributed by atoms with Crippen LogP contribution < -0.4 is 5.73 Å². The van der Waals surface area contributed by atoms with E-state index in [0.717, 1.165) is 40.7 Å². The van der Waals surface area contributed by atoms with E-state index >= 15 is 0 Å². The first-order valence-corrected chi connectivity index (χ1v) is 8.97. The van der Waals surface area contributed by atoms with E-state index < -0.39 is 0 Å². The van der Waals surface area contributed by atoms with Crippen molar-refractivity contribution in [2.45, 2.75) is 40.5 Å². The lowest BCUT2D eigenvalue weighted by atomic mass is 9.84. The minimum atomic E-state index is -0.0290. The van der Waals surface area contributed by atoms with Gasteiger partial charge < -0.3 is 16.2 Å². The van der Waals surface area contributed by atoms with Crippen molar-refractivity contribution in [3.63, 3.8) is 0 Å². The van der Waals surface area contributed by atoms with Gasteiger partial charge in [0.05, 0.1) is 6.67 Å². The van der Waals surface area contributed by atoms with Gasteiger partial charge in [-0.3, -0.25) is 4.99 Å². The van der Waals surface area contributed by atoms with Crippen molar-refractivity contribution in [2.24, 2.45) is 16.6 Å². The Labute approximate surface area is 157 Å². The molecule has 0 amide bonds. The zero-order valence-electron chi connectivity index (χ0n) is 16.3. The molecule has 0 spiro atoms. The Balaban J connectivity index is 3.53. The molecule has 0 aliphatic heterocycles. The quantitative estimate of drug-likeness (QED) is 0.426. The van der Waals surface area contributed by atoms with E-state index in [1.807, 2.05) is 26.0 Å². The van der Waals surface area contributed by atoms with Crippen molar-refractivity contribution in [3.8, 4) is 5.75 Å². The fourth-order valence-electron chi connectivity index (χ4n) is 3.15. The molecular weight excluding hydrogens is 322 g/mol. The highest BCUT2D eigenvalue weighted by Gasteiger charge is 2.17. The number of nitrogens with two attached hydrogens (primary N) is 1. The molecule has 1 aromatic carbocycles. The number of hydrogen-bond donors (Lipinski definition) is 3. The molecule has 0 aromatic heterocycles. The summed E-state index contributed by atoms with van der Waals surface area (Å²) in [6.45, 7) is 12.8. The second-order valence-electron chi connectivity index (χ2n) is 6.43. The molecule has 0 radical (unpaired) electrons. The Morgan fingerprint density at radius 1 is 1.31 bits per heavy atom. The maximum atomic E-state index is 9.54. The number of allylic oxidation sites excluding steroid dienone is 5. The third kappa shape index (κ3) is 5.53. The van der Waals surface area contributed by atoms with Crippen LogP contribution >= 0.6 is 0 Å². The van der Waals surface area contributed by atoms with Gasteiger partial charge in [-0.2, -0.15) is 0 Å². The fraction of sp³-hybridized carbons (Fsp3) is 0.364. The monoisotopic (exact) mass is 353 g/mol. The summed E-state index contributed by atoms with van der Waals surface area (Å²) in [5.41, 5.74) is 11.8. The number of aliphatic imine (C=N–C) groups is 1. The largest absolute Gasteiger partial charge is 0.508 e. The highest BCUT2D eigenvalue weighted by atomic mass is 16.3. The van der Waals surface area contributed by atoms with Crippen LogP contribution in [0.25, 0.3) is 5.57 Å². The number of nitrogens with one attached hydrogen (secondary N) is 1. The third-order valence-corrected chi connectivity index (χ3v) is 4.46. The first-order valence-electron chi connectivity index (χ1n) is 8.97. The standard InChI is InChI=1S/C22H31N3O/c1-6-7-21(17(4)19-8-10-20(26)11-9-19)18(5)22(15(2)12-23)16(3)13-25-14-24/h8-13,15,23,26H,4,6-7,14,24H2,1-3,5H3/b21-18-,22-16+,23-12?,25-13?. The summed E-state index contributed by atoms with van der Waals surface area (Å²) in [5.74, 6) is 0.213. The van der Waals surface area contributed by atoms with Crippen molar-refractivity contribution >= 4 is 18.0 Å². The average Bonchev–Trinajstić information content (AvgIpc) is 2.64. The molecule has 0 bridgehead atoms. The van der Waals surface area contributed by atoms with E-state index in [2.05, 4.69) is 25.4 Å². The average molecular weight is 354 g/mol. The number of phenolic OH excluding ortho intramolecular Hbond substituents is 1. The van der Waals surface area contributed by atoms with Gasteiger partial charge in [0.25, 0.3) is 0 Å². The molecule has 1 rings (SSSR count). The molecule has 0 aliphatic carbocycles. The van der Waals surface area contributed by atoms with E-state index in [1.54, 1.807) is 18.3 Å². The van der Waals surface area contributed by atoms with Gasteiger partial charge in [0.15, 0.2) is 0 Å². The number of nitrogens with zero attached hydrogens (tertiary/aromatic N) is 1. The third-order valence-electron chi connectivity index (χ3n) is 4.46. The van der Waals surface area contributed by atoms with E-state index in [9.17, 15) is 5.11 Å². The molecule has 4 N–H and O–H groups in total. The molecule has 4 heteroatoms. The van der Waals surface area contributed by atoms with Crippen LogP contribution in [0.3, 0.4) is 0 Å². The maximum Gasteiger partial charge on any atom is 0.115 e. The Kier molecular flexibility index (Phi) is 8.73.